The molecule has 1 aliphatic rings. The van der Waals surface area contributed by atoms with E-state index in [2.05, 4.69) is 24.0 Å². The average Bonchev–Trinajstić information content (AvgIpc) is 2.95. The summed E-state index contributed by atoms with van der Waals surface area (Å²) < 4.78 is 5.01. The van der Waals surface area contributed by atoms with Crippen LogP contribution in [0.4, 0.5) is 0 Å². The van der Waals surface area contributed by atoms with Crippen molar-refractivity contribution >= 4 is 11.8 Å². The predicted molar refractivity (Wildman–Crippen MR) is 75.0 cm³/mol. The van der Waals surface area contributed by atoms with Crippen LogP contribution in [-0.2, 0) is 16.1 Å². The highest BCUT2D eigenvalue weighted by Gasteiger charge is 2.36. The van der Waals surface area contributed by atoms with E-state index in [1.165, 1.54) is 0 Å². The molecule has 2 rings (SSSR count). The molecule has 0 bridgehead atoms. The average molecular weight is 294 g/mol. The first-order chi connectivity index (χ1) is 9.86. The van der Waals surface area contributed by atoms with Gasteiger partial charge in [-0.25, -0.2) is 0 Å². The van der Waals surface area contributed by atoms with E-state index in [1.807, 2.05) is 0 Å². The van der Waals surface area contributed by atoms with E-state index >= 15 is 0 Å². The van der Waals surface area contributed by atoms with Crippen LogP contribution in [0.1, 0.15) is 32.0 Å². The van der Waals surface area contributed by atoms with Crippen LogP contribution >= 0.6 is 0 Å². The normalized spacial score (nSPS) is 18.6. The van der Waals surface area contributed by atoms with Gasteiger partial charge in [-0.1, -0.05) is 19.0 Å². The van der Waals surface area contributed by atoms with Crippen molar-refractivity contribution in [3.05, 3.63) is 11.7 Å². The Kier molecular flexibility index (Phi) is 4.59. The Labute approximate surface area is 124 Å². The minimum absolute atomic E-state index is 0.0505. The number of amides is 2. The maximum absolute atomic E-state index is 12.4. The molecule has 2 amide bonds. The molecule has 0 N–H and O–H groups in total. The first-order valence-electron chi connectivity index (χ1n) is 7.18. The van der Waals surface area contributed by atoms with Gasteiger partial charge in [0, 0.05) is 26.6 Å². The van der Waals surface area contributed by atoms with Gasteiger partial charge in [0.2, 0.25) is 17.7 Å². The third-order valence-electron chi connectivity index (χ3n) is 3.47. The van der Waals surface area contributed by atoms with Gasteiger partial charge < -0.3 is 14.3 Å². The number of aromatic nitrogens is 2. The minimum atomic E-state index is -0.273. The van der Waals surface area contributed by atoms with Gasteiger partial charge in [-0.15, -0.1) is 0 Å². The maximum Gasteiger partial charge on any atom is 0.246 e. The number of hydrogen-bond acceptors (Lipinski definition) is 5. The van der Waals surface area contributed by atoms with Crippen molar-refractivity contribution in [2.24, 2.45) is 11.8 Å². The summed E-state index contributed by atoms with van der Waals surface area (Å²) >= 11 is 0. The monoisotopic (exact) mass is 294 g/mol. The van der Waals surface area contributed by atoms with Crippen LogP contribution in [-0.4, -0.2) is 51.9 Å². The molecule has 1 atom stereocenters. The lowest BCUT2D eigenvalue weighted by Crippen LogP contribution is -2.35. The van der Waals surface area contributed by atoms with Gasteiger partial charge in [0.05, 0.1) is 12.5 Å². The van der Waals surface area contributed by atoms with Gasteiger partial charge in [0.1, 0.15) is 0 Å². The zero-order valence-corrected chi connectivity index (χ0v) is 13.0. The smallest absolute Gasteiger partial charge is 0.246 e. The molecule has 0 aliphatic carbocycles. The summed E-state index contributed by atoms with van der Waals surface area (Å²) in [6.45, 7) is 7.33. The molecule has 7 nitrogen and oxygen atoms in total. The number of nitrogens with zero attached hydrogens (tertiary/aromatic N) is 4. The van der Waals surface area contributed by atoms with E-state index in [9.17, 15) is 9.59 Å². The van der Waals surface area contributed by atoms with Crippen LogP contribution in [0, 0.1) is 18.8 Å². The van der Waals surface area contributed by atoms with E-state index in [0.29, 0.717) is 37.1 Å². The standard InChI is InChI=1S/C14H22N4O3/c1-9(2)6-18-7-11(5-13(18)19)14(20)17(4)8-12-15-10(3)16-21-12/h9,11H,5-8H2,1-4H3/t11-/m1/s1. The topological polar surface area (TPSA) is 79.5 Å². The molecule has 1 aromatic heterocycles. The second-order valence-corrected chi connectivity index (χ2v) is 6.02. The molecule has 116 valence electrons. The molecule has 0 saturated carbocycles. The van der Waals surface area contributed by atoms with Crippen LogP contribution in [0.25, 0.3) is 0 Å². The number of likely N-dealkylation sites (tertiary alicyclic amines) is 1. The Morgan fingerprint density at radius 1 is 1.52 bits per heavy atom. The molecular weight excluding hydrogens is 272 g/mol. The first-order valence-corrected chi connectivity index (χ1v) is 7.18. The van der Waals surface area contributed by atoms with Crippen molar-refractivity contribution in [1.82, 2.24) is 19.9 Å². The van der Waals surface area contributed by atoms with Crippen molar-refractivity contribution in [3.8, 4) is 0 Å². The molecular formula is C14H22N4O3. The molecule has 0 radical (unpaired) electrons. The Bertz CT molecular complexity index is 526. The second-order valence-electron chi connectivity index (χ2n) is 6.02. The molecule has 2 heterocycles. The highest BCUT2D eigenvalue weighted by atomic mass is 16.5. The first kappa shape index (κ1) is 15.5. The molecule has 0 aromatic carbocycles. The van der Waals surface area contributed by atoms with Crippen molar-refractivity contribution in [2.45, 2.75) is 33.7 Å². The number of carbonyl (C=O) groups excluding carboxylic acids is 2. The van der Waals surface area contributed by atoms with Crippen LogP contribution in [0.15, 0.2) is 4.52 Å². The van der Waals surface area contributed by atoms with Crippen molar-refractivity contribution < 1.29 is 14.1 Å². The number of aryl methyl sites for hydroxylation is 1. The second kappa shape index (κ2) is 6.24. The molecule has 0 spiro atoms. The molecule has 21 heavy (non-hydrogen) atoms. The quantitative estimate of drug-likeness (QED) is 0.804. The van der Waals surface area contributed by atoms with Gasteiger partial charge in [0.25, 0.3) is 0 Å². The van der Waals surface area contributed by atoms with Crippen molar-refractivity contribution in [3.63, 3.8) is 0 Å². The third-order valence-corrected chi connectivity index (χ3v) is 3.47. The van der Waals surface area contributed by atoms with Crippen LogP contribution < -0.4 is 0 Å². The number of hydrogen-bond donors (Lipinski definition) is 0. The third kappa shape index (κ3) is 3.80. The van der Waals surface area contributed by atoms with E-state index in [4.69, 9.17) is 4.52 Å². The fourth-order valence-corrected chi connectivity index (χ4v) is 2.55. The lowest BCUT2D eigenvalue weighted by Gasteiger charge is -2.21. The number of rotatable bonds is 5. The van der Waals surface area contributed by atoms with Crippen molar-refractivity contribution in [2.75, 3.05) is 20.1 Å². The van der Waals surface area contributed by atoms with E-state index < -0.39 is 0 Å². The fraction of sp³-hybridized carbons (Fsp3) is 0.714. The molecule has 1 aromatic rings. The lowest BCUT2D eigenvalue weighted by atomic mass is 10.1. The summed E-state index contributed by atoms with van der Waals surface area (Å²) in [6, 6.07) is 0. The summed E-state index contributed by atoms with van der Waals surface area (Å²) in [4.78, 5) is 31.7. The molecule has 1 saturated heterocycles. The maximum atomic E-state index is 12.4. The van der Waals surface area contributed by atoms with E-state index in [0.717, 1.165) is 0 Å². The summed E-state index contributed by atoms with van der Waals surface area (Å²) in [6.07, 6.45) is 0.290. The Morgan fingerprint density at radius 2 is 2.24 bits per heavy atom. The Balaban J connectivity index is 1.92. The lowest BCUT2D eigenvalue weighted by molar-refractivity contribution is -0.135. The van der Waals surface area contributed by atoms with E-state index in [1.54, 1.807) is 23.8 Å². The minimum Gasteiger partial charge on any atom is -0.342 e. The SMILES string of the molecule is Cc1noc(CN(C)C(=O)[C@@H]2CC(=O)N(CC(C)C)C2)n1. The largest absolute Gasteiger partial charge is 0.342 e. The molecule has 0 unspecified atom stereocenters. The van der Waals surface area contributed by atoms with Gasteiger partial charge >= 0.3 is 0 Å². The summed E-state index contributed by atoms with van der Waals surface area (Å²) in [7, 11) is 1.69. The van der Waals surface area contributed by atoms with Gasteiger partial charge in [-0.2, -0.15) is 4.98 Å². The molecule has 1 fully saturated rings. The Morgan fingerprint density at radius 3 is 2.81 bits per heavy atom. The van der Waals surface area contributed by atoms with Gasteiger partial charge in [-0.3, -0.25) is 9.59 Å². The van der Waals surface area contributed by atoms with Crippen LogP contribution in [0.3, 0.4) is 0 Å². The summed E-state index contributed by atoms with van der Waals surface area (Å²) in [5.74, 6) is 1.10. The van der Waals surface area contributed by atoms with E-state index in [-0.39, 0.29) is 24.3 Å². The zero-order valence-electron chi connectivity index (χ0n) is 13.0. The van der Waals surface area contributed by atoms with Crippen LogP contribution in [0.5, 0.6) is 0 Å². The zero-order chi connectivity index (χ0) is 15.6. The molecule has 7 heteroatoms. The van der Waals surface area contributed by atoms with Crippen LogP contribution in [0.2, 0.25) is 0 Å². The fourth-order valence-electron chi connectivity index (χ4n) is 2.55. The summed E-state index contributed by atoms with van der Waals surface area (Å²) in [5.41, 5.74) is 0. The van der Waals surface area contributed by atoms with Gasteiger partial charge in [0.15, 0.2) is 5.82 Å². The predicted octanol–water partition coefficient (Wildman–Crippen LogP) is 0.841. The highest BCUT2D eigenvalue weighted by Crippen LogP contribution is 2.21. The number of carbonyl (C=O) groups is 2. The van der Waals surface area contributed by atoms with Crippen molar-refractivity contribution in [1.29, 1.82) is 0 Å². The highest BCUT2D eigenvalue weighted by molar-refractivity contribution is 5.89. The molecule has 1 aliphatic heterocycles. The summed E-state index contributed by atoms with van der Waals surface area (Å²) in [5, 5.41) is 3.70. The van der Waals surface area contributed by atoms with Gasteiger partial charge in [-0.05, 0) is 12.8 Å². The Hall–Kier alpha value is -1.92.